The third-order valence-electron chi connectivity index (χ3n) is 2.81. The molecule has 0 aliphatic carbocycles. The topological polar surface area (TPSA) is 52.3 Å². The summed E-state index contributed by atoms with van der Waals surface area (Å²) in [6, 6.07) is 13.2. The molecular weight excluding hydrogens is 238 g/mol. The van der Waals surface area contributed by atoms with Crippen molar-refractivity contribution < 1.29 is 9.53 Å². The van der Waals surface area contributed by atoms with Gasteiger partial charge in [-0.05, 0) is 37.6 Å². The summed E-state index contributed by atoms with van der Waals surface area (Å²) in [5, 5.41) is 0. The minimum absolute atomic E-state index is 0.447. The number of carbonyl (C=O) groups excluding carboxylic acids is 1. The molecule has 0 aliphatic rings. The number of ether oxygens (including phenoxy) is 1. The summed E-state index contributed by atoms with van der Waals surface area (Å²) in [6.07, 6.45) is 0. The van der Waals surface area contributed by atoms with E-state index in [2.05, 4.69) is 32.0 Å². The van der Waals surface area contributed by atoms with Crippen molar-refractivity contribution in [2.45, 2.75) is 20.5 Å². The quantitative estimate of drug-likeness (QED) is 0.913. The SMILES string of the molecule is Cc1cc(C)cc(COc2cccc(C(N)=O)c2)c1. The third kappa shape index (κ3) is 3.58. The molecular formula is C16H17NO2. The molecule has 2 aromatic carbocycles. The highest BCUT2D eigenvalue weighted by Crippen LogP contribution is 2.16. The van der Waals surface area contributed by atoms with Crippen molar-refractivity contribution in [1.29, 1.82) is 0 Å². The van der Waals surface area contributed by atoms with Crippen LogP contribution in [0.1, 0.15) is 27.0 Å². The molecule has 0 unspecified atom stereocenters. The number of hydrogen-bond donors (Lipinski definition) is 1. The first kappa shape index (κ1) is 13.1. The Bertz CT molecular complexity index is 585. The first-order valence-electron chi connectivity index (χ1n) is 6.14. The average Bonchev–Trinajstić information content (AvgIpc) is 2.35. The van der Waals surface area contributed by atoms with Crippen LogP contribution in [0.15, 0.2) is 42.5 Å². The van der Waals surface area contributed by atoms with E-state index in [4.69, 9.17) is 10.5 Å². The Morgan fingerprint density at radius 3 is 2.42 bits per heavy atom. The van der Waals surface area contributed by atoms with Gasteiger partial charge in [-0.2, -0.15) is 0 Å². The highest BCUT2D eigenvalue weighted by Gasteiger charge is 2.03. The molecule has 98 valence electrons. The van der Waals surface area contributed by atoms with Gasteiger partial charge in [0.25, 0.3) is 0 Å². The van der Waals surface area contributed by atoms with E-state index in [0.29, 0.717) is 17.9 Å². The van der Waals surface area contributed by atoms with Gasteiger partial charge in [-0.15, -0.1) is 0 Å². The Kier molecular flexibility index (Phi) is 3.85. The first-order chi connectivity index (χ1) is 9.04. The van der Waals surface area contributed by atoms with Crippen LogP contribution in [0.3, 0.4) is 0 Å². The number of amides is 1. The fourth-order valence-electron chi connectivity index (χ4n) is 2.06. The number of nitrogens with two attached hydrogens (primary N) is 1. The monoisotopic (exact) mass is 255 g/mol. The van der Waals surface area contributed by atoms with Gasteiger partial charge >= 0.3 is 0 Å². The van der Waals surface area contributed by atoms with Gasteiger partial charge in [0.05, 0.1) is 0 Å². The second-order valence-corrected chi connectivity index (χ2v) is 4.68. The Morgan fingerprint density at radius 2 is 1.79 bits per heavy atom. The summed E-state index contributed by atoms with van der Waals surface area (Å²) in [7, 11) is 0. The van der Waals surface area contributed by atoms with Gasteiger partial charge in [0.2, 0.25) is 5.91 Å². The lowest BCUT2D eigenvalue weighted by Crippen LogP contribution is -2.10. The van der Waals surface area contributed by atoms with Crippen molar-refractivity contribution in [2.24, 2.45) is 5.73 Å². The molecule has 0 fully saturated rings. The zero-order chi connectivity index (χ0) is 13.8. The predicted octanol–water partition coefficient (Wildman–Crippen LogP) is 2.98. The molecule has 0 spiro atoms. The standard InChI is InChI=1S/C16H17NO2/c1-11-6-12(2)8-13(7-11)10-19-15-5-3-4-14(9-15)16(17)18/h3-9H,10H2,1-2H3,(H2,17,18). The summed E-state index contributed by atoms with van der Waals surface area (Å²) in [6.45, 7) is 4.60. The van der Waals surface area contributed by atoms with Crippen LogP contribution in [-0.4, -0.2) is 5.91 Å². The molecule has 0 saturated carbocycles. The van der Waals surface area contributed by atoms with Crippen LogP contribution < -0.4 is 10.5 Å². The Balaban J connectivity index is 2.10. The molecule has 2 aromatic rings. The molecule has 1 amide bonds. The van der Waals surface area contributed by atoms with Crippen molar-refractivity contribution in [2.75, 3.05) is 0 Å². The maximum absolute atomic E-state index is 11.1. The van der Waals surface area contributed by atoms with E-state index in [9.17, 15) is 4.79 Å². The molecule has 0 heterocycles. The fourth-order valence-corrected chi connectivity index (χ4v) is 2.06. The van der Waals surface area contributed by atoms with Crippen molar-refractivity contribution in [3.05, 3.63) is 64.7 Å². The molecule has 0 atom stereocenters. The van der Waals surface area contributed by atoms with Crippen molar-refractivity contribution in [3.8, 4) is 5.75 Å². The summed E-state index contributed by atoms with van der Waals surface area (Å²) in [5.74, 6) is 0.201. The van der Waals surface area contributed by atoms with E-state index in [0.717, 1.165) is 5.56 Å². The molecule has 0 radical (unpaired) electrons. The highest BCUT2D eigenvalue weighted by atomic mass is 16.5. The number of primary amides is 1. The molecule has 3 nitrogen and oxygen atoms in total. The van der Waals surface area contributed by atoms with Crippen molar-refractivity contribution in [1.82, 2.24) is 0 Å². The zero-order valence-electron chi connectivity index (χ0n) is 11.1. The van der Waals surface area contributed by atoms with Crippen molar-refractivity contribution >= 4 is 5.91 Å². The minimum Gasteiger partial charge on any atom is -0.489 e. The summed E-state index contributed by atoms with van der Waals surface area (Å²) in [5.41, 5.74) is 9.23. The molecule has 2 N–H and O–H groups in total. The van der Waals surface area contributed by atoms with Crippen LogP contribution in [0.4, 0.5) is 0 Å². The van der Waals surface area contributed by atoms with E-state index >= 15 is 0 Å². The van der Waals surface area contributed by atoms with E-state index in [1.165, 1.54) is 11.1 Å². The largest absolute Gasteiger partial charge is 0.489 e. The van der Waals surface area contributed by atoms with Gasteiger partial charge in [-0.1, -0.05) is 35.4 Å². The molecule has 0 bridgehead atoms. The van der Waals surface area contributed by atoms with Crippen LogP contribution in [0, 0.1) is 13.8 Å². The maximum Gasteiger partial charge on any atom is 0.248 e. The van der Waals surface area contributed by atoms with Crippen LogP contribution in [-0.2, 0) is 6.61 Å². The number of benzene rings is 2. The molecule has 0 aromatic heterocycles. The minimum atomic E-state index is -0.447. The second kappa shape index (κ2) is 5.57. The molecule has 3 heteroatoms. The summed E-state index contributed by atoms with van der Waals surface area (Å²) < 4.78 is 5.69. The molecule has 2 rings (SSSR count). The number of aryl methyl sites for hydroxylation is 2. The lowest BCUT2D eigenvalue weighted by Gasteiger charge is -2.08. The lowest BCUT2D eigenvalue weighted by atomic mass is 10.1. The van der Waals surface area contributed by atoms with Gasteiger partial charge in [0, 0.05) is 5.56 Å². The first-order valence-corrected chi connectivity index (χ1v) is 6.14. The lowest BCUT2D eigenvalue weighted by molar-refractivity contribution is 0.1000. The molecule has 0 aliphatic heterocycles. The van der Waals surface area contributed by atoms with E-state index < -0.39 is 5.91 Å². The average molecular weight is 255 g/mol. The fraction of sp³-hybridized carbons (Fsp3) is 0.188. The van der Waals surface area contributed by atoms with Gasteiger partial charge in [0.15, 0.2) is 0 Å². The Morgan fingerprint density at radius 1 is 1.11 bits per heavy atom. The number of carbonyl (C=O) groups is 1. The normalized spacial score (nSPS) is 10.2. The number of rotatable bonds is 4. The third-order valence-corrected chi connectivity index (χ3v) is 2.81. The molecule has 19 heavy (non-hydrogen) atoms. The predicted molar refractivity (Wildman–Crippen MR) is 75.2 cm³/mol. The van der Waals surface area contributed by atoms with E-state index in [1.807, 2.05) is 6.07 Å². The second-order valence-electron chi connectivity index (χ2n) is 4.68. The Labute approximate surface area is 113 Å². The number of hydrogen-bond acceptors (Lipinski definition) is 2. The molecule has 0 saturated heterocycles. The Hall–Kier alpha value is -2.29. The van der Waals surface area contributed by atoms with Crippen LogP contribution in [0.25, 0.3) is 0 Å². The van der Waals surface area contributed by atoms with Gasteiger partial charge < -0.3 is 10.5 Å². The van der Waals surface area contributed by atoms with Crippen LogP contribution in [0.5, 0.6) is 5.75 Å². The smallest absolute Gasteiger partial charge is 0.248 e. The highest BCUT2D eigenvalue weighted by molar-refractivity contribution is 5.93. The summed E-state index contributed by atoms with van der Waals surface area (Å²) in [4.78, 5) is 11.1. The van der Waals surface area contributed by atoms with Gasteiger partial charge in [0.1, 0.15) is 12.4 Å². The van der Waals surface area contributed by atoms with E-state index in [-0.39, 0.29) is 0 Å². The van der Waals surface area contributed by atoms with Crippen LogP contribution >= 0.6 is 0 Å². The van der Waals surface area contributed by atoms with Crippen molar-refractivity contribution in [3.63, 3.8) is 0 Å². The van der Waals surface area contributed by atoms with E-state index in [1.54, 1.807) is 18.2 Å². The van der Waals surface area contributed by atoms with Gasteiger partial charge in [-0.25, -0.2) is 0 Å². The van der Waals surface area contributed by atoms with Crippen LogP contribution in [0.2, 0.25) is 0 Å². The maximum atomic E-state index is 11.1. The summed E-state index contributed by atoms with van der Waals surface area (Å²) >= 11 is 0. The zero-order valence-corrected chi connectivity index (χ0v) is 11.1. The van der Waals surface area contributed by atoms with Gasteiger partial charge in [-0.3, -0.25) is 4.79 Å².